The molecular formula is C24H21N3O2+2. The van der Waals surface area contributed by atoms with Crippen LogP contribution in [0.3, 0.4) is 0 Å². The molecule has 0 aliphatic heterocycles. The lowest BCUT2D eigenvalue weighted by Crippen LogP contribution is -2.70. The minimum Gasteiger partial charge on any atom is -0.457 e. The highest BCUT2D eigenvalue weighted by molar-refractivity contribution is 6.07. The quantitative estimate of drug-likeness (QED) is 0.365. The summed E-state index contributed by atoms with van der Waals surface area (Å²) in [7, 11) is 0. The molecule has 5 nitrogen and oxygen atoms in total. The van der Waals surface area contributed by atoms with Crippen molar-refractivity contribution in [3.63, 3.8) is 0 Å². The number of rotatable bonds is 5. The Balaban J connectivity index is 1.48. The van der Waals surface area contributed by atoms with Crippen molar-refractivity contribution >= 4 is 28.2 Å². The van der Waals surface area contributed by atoms with Crippen LogP contribution in [0, 0.1) is 0 Å². The van der Waals surface area contributed by atoms with Gasteiger partial charge >= 0.3 is 5.84 Å². The molecule has 29 heavy (non-hydrogen) atoms. The van der Waals surface area contributed by atoms with E-state index in [9.17, 15) is 4.79 Å². The Morgan fingerprint density at radius 3 is 2.21 bits per heavy atom. The molecule has 0 atom stereocenters. The normalized spacial score (nSPS) is 10.5. The van der Waals surface area contributed by atoms with Crippen LogP contribution in [0.5, 0.6) is 11.5 Å². The molecule has 0 bridgehead atoms. The van der Waals surface area contributed by atoms with Gasteiger partial charge in [0.1, 0.15) is 17.1 Å². The van der Waals surface area contributed by atoms with Crippen molar-refractivity contribution in [1.29, 1.82) is 0 Å². The number of carbonyl (C=O) groups excluding carboxylic acids is 1. The summed E-state index contributed by atoms with van der Waals surface area (Å²) in [6, 6.07) is 28.4. The summed E-state index contributed by atoms with van der Waals surface area (Å²) in [4.78, 5) is 12.6. The maximum absolute atomic E-state index is 12.6. The maximum Gasteiger partial charge on any atom is 0.364 e. The van der Waals surface area contributed by atoms with Crippen LogP contribution in [0.25, 0.3) is 10.8 Å². The van der Waals surface area contributed by atoms with Crippen LogP contribution in [0.15, 0.2) is 91.0 Å². The molecule has 0 heterocycles. The fourth-order valence-electron chi connectivity index (χ4n) is 3.11. The van der Waals surface area contributed by atoms with Gasteiger partial charge in [-0.25, -0.2) is 5.41 Å². The van der Waals surface area contributed by atoms with Gasteiger partial charge in [-0.2, -0.15) is 0 Å². The van der Waals surface area contributed by atoms with E-state index in [1.807, 2.05) is 54.6 Å². The lowest BCUT2D eigenvalue weighted by atomic mass is 10.1. The molecule has 0 saturated carbocycles. The number of fused-ring (bicyclic) bond motifs is 1. The van der Waals surface area contributed by atoms with E-state index in [0.717, 1.165) is 16.5 Å². The number of hydrogen-bond acceptors (Lipinski definition) is 2. The number of carbonyl (C=O) groups is 1. The second kappa shape index (κ2) is 7.96. The first-order valence-electron chi connectivity index (χ1n) is 9.22. The van der Waals surface area contributed by atoms with Gasteiger partial charge in [0.25, 0.3) is 5.91 Å². The SMILES string of the molecule is [NH2+]=C([NH3+])c1ccccc1NC(=O)c1ccc(Oc2ccc3ccccc3c2)cc1. The summed E-state index contributed by atoms with van der Waals surface area (Å²) in [5.74, 6) is 1.58. The van der Waals surface area contributed by atoms with Gasteiger partial charge in [0.2, 0.25) is 0 Å². The smallest absolute Gasteiger partial charge is 0.364 e. The van der Waals surface area contributed by atoms with Gasteiger partial charge in [-0.1, -0.05) is 42.5 Å². The van der Waals surface area contributed by atoms with E-state index in [1.54, 1.807) is 30.3 Å². The average molecular weight is 383 g/mol. The van der Waals surface area contributed by atoms with Crippen molar-refractivity contribution < 1.29 is 20.7 Å². The molecule has 1 amide bonds. The molecule has 4 aromatic carbocycles. The topological polar surface area (TPSA) is 91.6 Å². The summed E-state index contributed by atoms with van der Waals surface area (Å²) in [5, 5.41) is 10.9. The van der Waals surface area contributed by atoms with Gasteiger partial charge in [0, 0.05) is 5.56 Å². The summed E-state index contributed by atoms with van der Waals surface area (Å²) in [6.45, 7) is 0. The maximum atomic E-state index is 12.6. The van der Waals surface area contributed by atoms with Gasteiger partial charge in [0.05, 0.1) is 5.69 Å². The minimum absolute atomic E-state index is 0.226. The first kappa shape index (κ1) is 18.4. The van der Waals surface area contributed by atoms with Gasteiger partial charge in [-0.15, -0.1) is 0 Å². The molecule has 5 heteroatoms. The highest BCUT2D eigenvalue weighted by atomic mass is 16.5. The standard InChI is InChI=1S/C24H19N3O2/c25-23(26)21-7-3-4-8-22(21)27-24(28)17-10-12-19(13-11-17)29-20-14-9-16-5-1-2-6-18(16)15-20/h1-15H,(H3,25,26)(H,27,28)/p+2. The molecule has 142 valence electrons. The van der Waals surface area contributed by atoms with Crippen LogP contribution >= 0.6 is 0 Å². The summed E-state index contributed by atoms with van der Waals surface area (Å²) < 4.78 is 5.93. The second-order valence-electron chi connectivity index (χ2n) is 6.66. The predicted octanol–water partition coefficient (Wildman–Crippen LogP) is 2.63. The van der Waals surface area contributed by atoms with Gasteiger partial charge in [0.15, 0.2) is 0 Å². The van der Waals surface area contributed by atoms with Crippen molar-refractivity contribution in [2.45, 2.75) is 0 Å². The summed E-state index contributed by atoms with van der Waals surface area (Å²) in [6.07, 6.45) is 0. The van der Waals surface area contributed by atoms with Crippen molar-refractivity contribution in [2.75, 3.05) is 5.32 Å². The average Bonchev–Trinajstić information content (AvgIpc) is 2.74. The Morgan fingerprint density at radius 1 is 0.793 bits per heavy atom. The van der Waals surface area contributed by atoms with Crippen molar-refractivity contribution in [1.82, 2.24) is 0 Å². The predicted molar refractivity (Wildman–Crippen MR) is 114 cm³/mol. The Hall–Kier alpha value is -3.96. The zero-order chi connectivity index (χ0) is 20.2. The first-order valence-corrected chi connectivity index (χ1v) is 9.22. The largest absolute Gasteiger partial charge is 0.457 e. The van der Waals surface area contributed by atoms with E-state index in [4.69, 9.17) is 10.1 Å². The van der Waals surface area contributed by atoms with Gasteiger partial charge in [-0.05, 0) is 59.3 Å². The number of nitrogens with one attached hydrogen (secondary N) is 1. The third kappa shape index (κ3) is 4.15. The zero-order valence-corrected chi connectivity index (χ0v) is 15.8. The van der Waals surface area contributed by atoms with E-state index in [1.165, 1.54) is 0 Å². The minimum atomic E-state index is -0.226. The van der Waals surface area contributed by atoms with Crippen LogP contribution in [-0.4, -0.2) is 11.7 Å². The van der Waals surface area contributed by atoms with Crippen molar-refractivity contribution in [3.8, 4) is 11.5 Å². The fraction of sp³-hybridized carbons (Fsp3) is 0. The van der Waals surface area contributed by atoms with Crippen LogP contribution in [0.4, 0.5) is 5.69 Å². The third-order valence-corrected chi connectivity index (χ3v) is 4.59. The van der Waals surface area contributed by atoms with Gasteiger partial charge in [-0.3, -0.25) is 10.5 Å². The third-order valence-electron chi connectivity index (χ3n) is 4.59. The molecule has 0 fully saturated rings. The number of amides is 1. The summed E-state index contributed by atoms with van der Waals surface area (Å²) >= 11 is 0. The number of para-hydroxylation sites is 1. The van der Waals surface area contributed by atoms with Crippen LogP contribution in [0.1, 0.15) is 15.9 Å². The Morgan fingerprint density at radius 2 is 1.45 bits per heavy atom. The molecule has 0 aliphatic rings. The molecule has 0 saturated heterocycles. The fourth-order valence-corrected chi connectivity index (χ4v) is 3.11. The number of hydrogen-bond donors (Lipinski definition) is 3. The molecule has 0 radical (unpaired) electrons. The Labute approximate surface area is 168 Å². The first-order chi connectivity index (χ1) is 14.1. The second-order valence-corrected chi connectivity index (χ2v) is 6.66. The number of amidine groups is 1. The number of benzene rings is 4. The molecule has 4 aromatic rings. The monoisotopic (exact) mass is 383 g/mol. The van der Waals surface area contributed by atoms with Crippen molar-refractivity contribution in [2.24, 2.45) is 0 Å². The van der Waals surface area contributed by atoms with Crippen molar-refractivity contribution in [3.05, 3.63) is 102 Å². The van der Waals surface area contributed by atoms with E-state index in [2.05, 4.69) is 17.1 Å². The van der Waals surface area contributed by atoms with E-state index < -0.39 is 0 Å². The molecule has 0 aliphatic carbocycles. The van der Waals surface area contributed by atoms with Gasteiger partial charge < -0.3 is 10.1 Å². The molecule has 4 rings (SSSR count). The molecule has 0 aromatic heterocycles. The van der Waals surface area contributed by atoms with E-state index >= 15 is 0 Å². The van der Waals surface area contributed by atoms with E-state index in [-0.39, 0.29) is 5.91 Å². The number of nitrogens with two attached hydrogens (primary N) is 1. The lowest BCUT2D eigenvalue weighted by molar-refractivity contribution is -0.298. The van der Waals surface area contributed by atoms with Crippen LogP contribution in [-0.2, 0) is 0 Å². The molecular weight excluding hydrogens is 362 g/mol. The highest BCUT2D eigenvalue weighted by Gasteiger charge is 2.14. The molecule has 0 spiro atoms. The molecule has 6 N–H and O–H groups in total. The van der Waals surface area contributed by atoms with Crippen LogP contribution in [0.2, 0.25) is 0 Å². The number of ether oxygens (including phenoxy) is 1. The Kier molecular flexibility index (Phi) is 5.05. The van der Waals surface area contributed by atoms with E-state index in [0.29, 0.717) is 28.4 Å². The lowest BCUT2D eigenvalue weighted by Gasteiger charge is -2.09. The molecule has 0 unspecified atom stereocenters. The zero-order valence-electron chi connectivity index (χ0n) is 15.8. The highest BCUT2D eigenvalue weighted by Crippen LogP contribution is 2.26. The Bertz CT molecular complexity index is 1200. The number of quaternary nitrogens is 1. The summed E-state index contributed by atoms with van der Waals surface area (Å²) in [5.41, 5.74) is 5.60. The number of anilines is 1. The van der Waals surface area contributed by atoms with Crippen LogP contribution < -0.4 is 21.2 Å².